The number of aromatic nitrogens is 5. The first kappa shape index (κ1) is 23.9. The van der Waals surface area contributed by atoms with Gasteiger partial charge in [-0.25, -0.2) is 4.98 Å². The van der Waals surface area contributed by atoms with E-state index in [0.29, 0.717) is 52.3 Å². The lowest BCUT2D eigenvalue weighted by Crippen LogP contribution is -2.26. The molecule has 0 N–H and O–H groups in total. The summed E-state index contributed by atoms with van der Waals surface area (Å²) in [5.74, 6) is 2.36. The van der Waals surface area contributed by atoms with E-state index in [2.05, 4.69) is 24.0 Å². The Morgan fingerprint density at radius 1 is 1.15 bits per heavy atom. The molecule has 34 heavy (non-hydrogen) atoms. The van der Waals surface area contributed by atoms with Gasteiger partial charge in [-0.2, -0.15) is 4.98 Å². The van der Waals surface area contributed by atoms with Gasteiger partial charge in [0.2, 0.25) is 11.7 Å². The van der Waals surface area contributed by atoms with Crippen LogP contribution in [0.25, 0.3) is 22.4 Å². The molecule has 0 radical (unpaired) electrons. The highest BCUT2D eigenvalue weighted by molar-refractivity contribution is 7.98. The molecular weight excluding hydrogens is 454 g/mol. The maximum Gasteiger partial charge on any atom is 0.278 e. The molecule has 0 aliphatic carbocycles. The normalized spacial score (nSPS) is 11.5. The fourth-order valence-electron chi connectivity index (χ4n) is 3.92. The van der Waals surface area contributed by atoms with E-state index in [4.69, 9.17) is 19.0 Å². The van der Waals surface area contributed by atoms with E-state index in [1.807, 2.05) is 35.9 Å². The van der Waals surface area contributed by atoms with Gasteiger partial charge in [0.05, 0.1) is 25.3 Å². The van der Waals surface area contributed by atoms with Gasteiger partial charge in [0.25, 0.3) is 5.56 Å². The molecular formula is C24H29N5O4S. The van der Waals surface area contributed by atoms with Crippen molar-refractivity contribution in [1.29, 1.82) is 0 Å². The molecule has 1 aromatic carbocycles. The summed E-state index contributed by atoms with van der Waals surface area (Å²) in [4.78, 5) is 22.8. The maximum atomic E-state index is 13.5. The first-order valence-corrected chi connectivity index (χ1v) is 12.3. The molecule has 3 aromatic heterocycles. The highest BCUT2D eigenvalue weighted by Gasteiger charge is 2.20. The van der Waals surface area contributed by atoms with Crippen molar-refractivity contribution in [1.82, 2.24) is 24.3 Å². The standard InChI is InChI=1S/C24H29N5O4S/c1-14(2)10-11-28-23(30)20-17(25-24(28)34-6)12-15(3)29(20)13-19-26-22(27-33-19)16-8-7-9-18(31-4)21(16)32-5/h7-9,12,14H,10-11,13H2,1-6H3. The Morgan fingerprint density at radius 2 is 1.94 bits per heavy atom. The van der Waals surface area contributed by atoms with E-state index in [1.165, 1.54) is 11.8 Å². The van der Waals surface area contributed by atoms with Gasteiger partial charge < -0.3 is 18.6 Å². The quantitative estimate of drug-likeness (QED) is 0.255. The first-order valence-electron chi connectivity index (χ1n) is 11.1. The number of hydrogen-bond acceptors (Lipinski definition) is 8. The summed E-state index contributed by atoms with van der Waals surface area (Å²) < 4.78 is 20.1. The van der Waals surface area contributed by atoms with Gasteiger partial charge in [-0.1, -0.05) is 36.8 Å². The Kier molecular flexibility index (Phi) is 6.97. The van der Waals surface area contributed by atoms with Gasteiger partial charge in [0.1, 0.15) is 12.1 Å². The molecule has 4 rings (SSSR count). The number of nitrogens with zero attached hydrogens (tertiary/aromatic N) is 5. The second-order valence-corrected chi connectivity index (χ2v) is 9.17. The minimum atomic E-state index is -0.0581. The van der Waals surface area contributed by atoms with E-state index in [-0.39, 0.29) is 12.1 Å². The third-order valence-corrected chi connectivity index (χ3v) is 6.37. The molecule has 0 saturated carbocycles. The minimum Gasteiger partial charge on any atom is -0.493 e. The van der Waals surface area contributed by atoms with Gasteiger partial charge in [-0.3, -0.25) is 9.36 Å². The Bertz CT molecular complexity index is 1370. The molecule has 0 bridgehead atoms. The van der Waals surface area contributed by atoms with Crippen LogP contribution in [-0.2, 0) is 13.1 Å². The molecule has 0 aliphatic rings. The number of fused-ring (bicyclic) bond motifs is 1. The van der Waals surface area contributed by atoms with E-state index >= 15 is 0 Å². The zero-order valence-corrected chi connectivity index (χ0v) is 21.1. The Hall–Kier alpha value is -3.27. The van der Waals surface area contributed by atoms with Gasteiger partial charge >= 0.3 is 0 Å². The molecule has 10 heteroatoms. The van der Waals surface area contributed by atoms with Crippen LogP contribution in [0.4, 0.5) is 0 Å². The molecule has 0 atom stereocenters. The third-order valence-electron chi connectivity index (χ3n) is 5.70. The van der Waals surface area contributed by atoms with Crippen molar-refractivity contribution in [3.63, 3.8) is 0 Å². The van der Waals surface area contributed by atoms with Crippen molar-refractivity contribution in [2.24, 2.45) is 5.92 Å². The zero-order valence-electron chi connectivity index (χ0n) is 20.3. The topological polar surface area (TPSA) is 97.2 Å². The minimum absolute atomic E-state index is 0.0581. The van der Waals surface area contributed by atoms with Gasteiger partial charge in [-0.05, 0) is 43.7 Å². The molecule has 0 amide bonds. The Balaban J connectivity index is 1.74. The van der Waals surface area contributed by atoms with Crippen molar-refractivity contribution >= 4 is 22.8 Å². The fraction of sp³-hybridized carbons (Fsp3) is 0.417. The molecule has 0 spiro atoms. The predicted molar refractivity (Wildman–Crippen MR) is 132 cm³/mol. The largest absolute Gasteiger partial charge is 0.493 e. The highest BCUT2D eigenvalue weighted by atomic mass is 32.2. The molecule has 0 aliphatic heterocycles. The lowest BCUT2D eigenvalue weighted by Gasteiger charge is -2.13. The van der Waals surface area contributed by atoms with E-state index in [1.54, 1.807) is 24.9 Å². The lowest BCUT2D eigenvalue weighted by atomic mass is 10.1. The average Bonchev–Trinajstić information content (AvgIpc) is 3.41. The van der Waals surface area contributed by atoms with Crippen molar-refractivity contribution in [2.75, 3.05) is 20.5 Å². The predicted octanol–water partition coefficient (Wildman–Crippen LogP) is 4.39. The van der Waals surface area contributed by atoms with Crippen molar-refractivity contribution < 1.29 is 14.0 Å². The number of para-hydroxylation sites is 1. The maximum absolute atomic E-state index is 13.5. The summed E-state index contributed by atoms with van der Waals surface area (Å²) in [5, 5.41) is 4.86. The van der Waals surface area contributed by atoms with Gasteiger partial charge in [-0.15, -0.1) is 0 Å². The van der Waals surface area contributed by atoms with Crippen molar-refractivity contribution in [2.45, 2.75) is 45.4 Å². The van der Waals surface area contributed by atoms with Crippen molar-refractivity contribution in [3.8, 4) is 22.9 Å². The molecule has 0 unspecified atom stereocenters. The second kappa shape index (κ2) is 9.92. The number of methoxy groups -OCH3 is 2. The van der Waals surface area contributed by atoms with Crippen LogP contribution in [0.15, 0.2) is 38.7 Å². The number of aryl methyl sites for hydroxylation is 1. The molecule has 0 fully saturated rings. The molecule has 4 aromatic rings. The van der Waals surface area contributed by atoms with Crippen LogP contribution in [0.3, 0.4) is 0 Å². The second-order valence-electron chi connectivity index (χ2n) is 8.40. The lowest BCUT2D eigenvalue weighted by molar-refractivity contribution is 0.355. The van der Waals surface area contributed by atoms with E-state index in [0.717, 1.165) is 17.3 Å². The monoisotopic (exact) mass is 483 g/mol. The Labute approximate surface area is 202 Å². The zero-order chi connectivity index (χ0) is 24.4. The first-order chi connectivity index (χ1) is 16.4. The van der Waals surface area contributed by atoms with Crippen molar-refractivity contribution in [3.05, 3.63) is 46.2 Å². The van der Waals surface area contributed by atoms with Gasteiger partial charge in [0.15, 0.2) is 16.7 Å². The van der Waals surface area contributed by atoms with E-state index in [9.17, 15) is 4.79 Å². The molecule has 180 valence electrons. The number of thioether (sulfide) groups is 1. The molecule has 3 heterocycles. The summed E-state index contributed by atoms with van der Waals surface area (Å²) in [6.45, 7) is 7.12. The molecule has 0 saturated heterocycles. The third kappa shape index (κ3) is 4.42. The summed E-state index contributed by atoms with van der Waals surface area (Å²) in [5.41, 5.74) is 2.71. The summed E-state index contributed by atoms with van der Waals surface area (Å²) >= 11 is 1.48. The van der Waals surface area contributed by atoms with Crippen LogP contribution in [-0.4, -0.2) is 44.7 Å². The number of ether oxygens (including phenoxy) is 2. The molecule has 9 nitrogen and oxygen atoms in total. The number of hydrogen-bond donors (Lipinski definition) is 0. The van der Waals surface area contributed by atoms with Crippen LogP contribution < -0.4 is 15.0 Å². The van der Waals surface area contributed by atoms with Crippen LogP contribution in [0.1, 0.15) is 31.9 Å². The summed E-state index contributed by atoms with van der Waals surface area (Å²) in [6.07, 6.45) is 2.84. The number of rotatable bonds is 9. The van der Waals surface area contributed by atoms with Crippen LogP contribution in [0.5, 0.6) is 11.5 Å². The van der Waals surface area contributed by atoms with Crippen LogP contribution in [0.2, 0.25) is 0 Å². The smallest absolute Gasteiger partial charge is 0.278 e. The number of benzene rings is 1. The van der Waals surface area contributed by atoms with E-state index < -0.39 is 0 Å². The van der Waals surface area contributed by atoms with Crippen LogP contribution in [0, 0.1) is 12.8 Å². The Morgan fingerprint density at radius 3 is 2.62 bits per heavy atom. The fourth-order valence-corrected chi connectivity index (χ4v) is 4.50. The van der Waals surface area contributed by atoms with Gasteiger partial charge in [0, 0.05) is 12.2 Å². The SMILES string of the molecule is COc1cccc(-c2noc(Cn3c(C)cc4nc(SC)n(CCC(C)C)c(=O)c43)n2)c1OC. The average molecular weight is 484 g/mol. The summed E-state index contributed by atoms with van der Waals surface area (Å²) in [7, 11) is 3.14. The summed E-state index contributed by atoms with van der Waals surface area (Å²) in [6, 6.07) is 7.41. The highest BCUT2D eigenvalue weighted by Crippen LogP contribution is 2.36. The van der Waals surface area contributed by atoms with Crippen LogP contribution >= 0.6 is 11.8 Å².